The Morgan fingerprint density at radius 3 is 2.26 bits per heavy atom. The van der Waals surface area contributed by atoms with Crippen molar-refractivity contribution in [1.82, 2.24) is 15.1 Å². The van der Waals surface area contributed by atoms with Crippen LogP contribution in [0.3, 0.4) is 0 Å². The number of benzene rings is 2. The van der Waals surface area contributed by atoms with Gasteiger partial charge in [0.25, 0.3) is 11.8 Å². The normalized spacial score (nSPS) is 13.5. The van der Waals surface area contributed by atoms with Crippen LogP contribution in [0.1, 0.15) is 65.8 Å². The maximum absolute atomic E-state index is 13.3. The first-order valence-corrected chi connectivity index (χ1v) is 12.5. The lowest BCUT2D eigenvalue weighted by Gasteiger charge is -2.31. The van der Waals surface area contributed by atoms with Gasteiger partial charge < -0.3 is 10.2 Å². The molecule has 2 aromatic carbocycles. The number of imide groups is 1. The highest BCUT2D eigenvalue weighted by atomic mass is 35.5. The number of carbonyl (C=O) groups excluding carboxylic acids is 4. The second-order valence-corrected chi connectivity index (χ2v) is 9.23. The largest absolute Gasteiger partial charge is 0.354 e. The van der Waals surface area contributed by atoms with Crippen LogP contribution in [0.2, 0.25) is 10.0 Å². The third kappa shape index (κ3) is 6.21. The molecular formula is C26H29Cl2N3O4. The van der Waals surface area contributed by atoms with Crippen molar-refractivity contribution in [3.05, 3.63) is 69.2 Å². The molecule has 0 aromatic heterocycles. The predicted octanol–water partition coefficient (Wildman–Crippen LogP) is 4.70. The van der Waals surface area contributed by atoms with E-state index in [1.807, 2.05) is 13.8 Å². The highest BCUT2D eigenvalue weighted by Crippen LogP contribution is 2.25. The lowest BCUT2D eigenvalue weighted by atomic mass is 10.1. The van der Waals surface area contributed by atoms with Gasteiger partial charge in [0.2, 0.25) is 11.8 Å². The molecule has 3 rings (SSSR count). The number of amides is 4. The molecule has 1 aliphatic heterocycles. The maximum atomic E-state index is 13.3. The molecule has 1 atom stereocenters. The minimum absolute atomic E-state index is 0.0656. The molecule has 0 spiro atoms. The number of hydrogen-bond acceptors (Lipinski definition) is 4. The van der Waals surface area contributed by atoms with Crippen molar-refractivity contribution < 1.29 is 19.2 Å². The second-order valence-electron chi connectivity index (χ2n) is 8.38. The van der Waals surface area contributed by atoms with Crippen molar-refractivity contribution in [3.63, 3.8) is 0 Å². The van der Waals surface area contributed by atoms with Crippen molar-refractivity contribution in [2.75, 3.05) is 13.1 Å². The molecule has 0 saturated carbocycles. The van der Waals surface area contributed by atoms with E-state index in [1.165, 1.54) is 9.80 Å². The summed E-state index contributed by atoms with van der Waals surface area (Å²) in [7, 11) is 0. The van der Waals surface area contributed by atoms with Gasteiger partial charge in [-0.15, -0.1) is 0 Å². The Bertz CT molecular complexity index is 1090. The maximum Gasteiger partial charge on any atom is 0.261 e. The Hall–Kier alpha value is -2.90. The molecule has 186 valence electrons. The van der Waals surface area contributed by atoms with Crippen LogP contribution in [0.15, 0.2) is 42.5 Å². The Morgan fingerprint density at radius 2 is 1.69 bits per heavy atom. The summed E-state index contributed by atoms with van der Waals surface area (Å²) < 4.78 is 0. The topological polar surface area (TPSA) is 86.8 Å². The van der Waals surface area contributed by atoms with Gasteiger partial charge in [0.05, 0.1) is 11.1 Å². The van der Waals surface area contributed by atoms with Crippen molar-refractivity contribution in [1.29, 1.82) is 0 Å². The molecule has 35 heavy (non-hydrogen) atoms. The number of hydrogen-bond donors (Lipinski definition) is 1. The van der Waals surface area contributed by atoms with Gasteiger partial charge in [0.15, 0.2) is 0 Å². The van der Waals surface area contributed by atoms with Crippen LogP contribution in [0, 0.1) is 0 Å². The quantitative estimate of drug-likeness (QED) is 0.437. The highest BCUT2D eigenvalue weighted by molar-refractivity contribution is 6.35. The van der Waals surface area contributed by atoms with E-state index in [9.17, 15) is 19.2 Å². The van der Waals surface area contributed by atoms with E-state index in [0.717, 1.165) is 6.42 Å². The lowest BCUT2D eigenvalue weighted by Crippen LogP contribution is -2.49. The van der Waals surface area contributed by atoms with Crippen LogP contribution in [-0.2, 0) is 16.1 Å². The van der Waals surface area contributed by atoms with Crippen LogP contribution in [0.25, 0.3) is 0 Å². The van der Waals surface area contributed by atoms with E-state index < -0.39 is 6.04 Å². The van der Waals surface area contributed by atoms with Crippen molar-refractivity contribution in [2.45, 2.75) is 52.1 Å². The fourth-order valence-corrected chi connectivity index (χ4v) is 4.56. The lowest BCUT2D eigenvalue weighted by molar-refractivity contribution is -0.141. The second kappa shape index (κ2) is 12.2. The third-order valence-electron chi connectivity index (χ3n) is 5.94. The van der Waals surface area contributed by atoms with Gasteiger partial charge in [-0.25, -0.2) is 0 Å². The van der Waals surface area contributed by atoms with Crippen LogP contribution in [0.4, 0.5) is 0 Å². The first-order valence-electron chi connectivity index (χ1n) is 11.7. The predicted molar refractivity (Wildman–Crippen MR) is 135 cm³/mol. The van der Waals surface area contributed by atoms with Gasteiger partial charge in [-0.2, -0.15) is 0 Å². The molecule has 0 saturated heterocycles. The van der Waals surface area contributed by atoms with Crippen LogP contribution in [0.5, 0.6) is 0 Å². The molecule has 4 amide bonds. The zero-order chi connectivity index (χ0) is 25.5. The van der Waals surface area contributed by atoms with Crippen molar-refractivity contribution in [3.8, 4) is 0 Å². The molecule has 0 bridgehead atoms. The summed E-state index contributed by atoms with van der Waals surface area (Å²) in [5.74, 6) is -1.19. The number of fused-ring (bicyclic) bond motifs is 1. The third-order valence-corrected chi connectivity index (χ3v) is 6.53. The first-order chi connectivity index (χ1) is 16.8. The highest BCUT2D eigenvalue weighted by Gasteiger charge is 2.35. The molecule has 0 aliphatic carbocycles. The Morgan fingerprint density at radius 1 is 1.03 bits per heavy atom. The van der Waals surface area contributed by atoms with Crippen LogP contribution in [-0.4, -0.2) is 52.6 Å². The van der Waals surface area contributed by atoms with Gasteiger partial charge in [0, 0.05) is 36.1 Å². The van der Waals surface area contributed by atoms with Gasteiger partial charge in [-0.1, -0.05) is 55.2 Å². The monoisotopic (exact) mass is 517 g/mol. The molecule has 0 unspecified atom stereocenters. The summed E-state index contributed by atoms with van der Waals surface area (Å²) >= 11 is 12.4. The Labute approximate surface area is 215 Å². The van der Waals surface area contributed by atoms with E-state index in [4.69, 9.17) is 23.2 Å². The minimum atomic E-state index is -0.680. The van der Waals surface area contributed by atoms with Crippen LogP contribution >= 0.6 is 23.2 Å². The number of nitrogens with one attached hydrogen (secondary N) is 1. The standard InChI is InChI=1S/C26H29Cl2N3O4/c1-3-13-29-24(33)22(4-2)31(16-17-11-12-18(27)15-21(17)28)23(32)10-7-14-30-25(34)19-8-5-6-9-20(19)26(30)35/h5-6,8-9,11-12,15,22H,3-4,7,10,13-14,16H2,1-2H3,(H,29,33)/t22-/m1/s1. The average molecular weight is 518 g/mol. The van der Waals surface area contributed by atoms with E-state index in [2.05, 4.69) is 5.32 Å². The SMILES string of the molecule is CCCNC(=O)[C@@H](CC)N(Cc1ccc(Cl)cc1Cl)C(=O)CCCN1C(=O)c2ccccc2C1=O. The molecule has 0 radical (unpaired) electrons. The molecule has 2 aromatic rings. The fourth-order valence-electron chi connectivity index (χ4n) is 4.09. The molecule has 1 heterocycles. The molecule has 7 nitrogen and oxygen atoms in total. The van der Waals surface area contributed by atoms with Crippen molar-refractivity contribution in [2.24, 2.45) is 0 Å². The molecule has 0 fully saturated rings. The van der Waals surface area contributed by atoms with Gasteiger partial charge in [-0.05, 0) is 49.1 Å². The molecule has 9 heteroatoms. The van der Waals surface area contributed by atoms with Gasteiger partial charge >= 0.3 is 0 Å². The minimum Gasteiger partial charge on any atom is -0.354 e. The Kier molecular flexibility index (Phi) is 9.29. The molecular weight excluding hydrogens is 489 g/mol. The van der Waals surface area contributed by atoms with E-state index in [0.29, 0.717) is 39.7 Å². The summed E-state index contributed by atoms with van der Waals surface area (Å²) in [5, 5.41) is 3.75. The molecule has 1 aliphatic rings. The summed E-state index contributed by atoms with van der Waals surface area (Å²) in [6.45, 7) is 4.57. The number of halogens is 2. The summed E-state index contributed by atoms with van der Waals surface area (Å²) in [5.41, 5.74) is 1.43. The summed E-state index contributed by atoms with van der Waals surface area (Å²) in [4.78, 5) is 54.1. The molecule has 1 N–H and O–H groups in total. The zero-order valence-electron chi connectivity index (χ0n) is 19.9. The smallest absolute Gasteiger partial charge is 0.261 e. The van der Waals surface area contributed by atoms with Gasteiger partial charge in [0.1, 0.15) is 6.04 Å². The summed E-state index contributed by atoms with van der Waals surface area (Å²) in [6, 6.07) is 11.0. The van der Waals surface area contributed by atoms with E-state index >= 15 is 0 Å². The van der Waals surface area contributed by atoms with E-state index in [1.54, 1.807) is 42.5 Å². The number of nitrogens with zero attached hydrogens (tertiary/aromatic N) is 2. The first kappa shape index (κ1) is 26.7. The van der Waals surface area contributed by atoms with Gasteiger partial charge in [-0.3, -0.25) is 24.1 Å². The van der Waals surface area contributed by atoms with Crippen molar-refractivity contribution >= 4 is 46.8 Å². The average Bonchev–Trinajstić information content (AvgIpc) is 3.08. The fraction of sp³-hybridized carbons (Fsp3) is 0.385. The Balaban J connectivity index is 1.72. The summed E-state index contributed by atoms with van der Waals surface area (Å²) in [6.07, 6.45) is 1.54. The number of rotatable bonds is 11. The van der Waals surface area contributed by atoms with Crippen LogP contribution < -0.4 is 5.32 Å². The van der Waals surface area contributed by atoms with E-state index in [-0.39, 0.29) is 49.6 Å². The number of carbonyl (C=O) groups is 4. The zero-order valence-corrected chi connectivity index (χ0v) is 21.4.